The van der Waals surface area contributed by atoms with Gasteiger partial charge in [0.1, 0.15) is 11.5 Å². The lowest BCUT2D eigenvalue weighted by Crippen LogP contribution is -2.26. The van der Waals surface area contributed by atoms with Crippen LogP contribution >= 0.6 is 0 Å². The molecule has 0 spiro atoms. The van der Waals surface area contributed by atoms with Gasteiger partial charge in [-0.05, 0) is 42.5 Å². The molecule has 2 rings (SSSR count). The highest BCUT2D eigenvalue weighted by molar-refractivity contribution is 5.92. The van der Waals surface area contributed by atoms with Crippen LogP contribution in [0.5, 0.6) is 0 Å². The summed E-state index contributed by atoms with van der Waals surface area (Å²) in [4.78, 5) is 16.2. The Morgan fingerprint density at radius 2 is 1.96 bits per heavy atom. The average molecular weight is 329 g/mol. The van der Waals surface area contributed by atoms with Crippen LogP contribution < -0.4 is 10.6 Å². The predicted molar refractivity (Wildman–Crippen MR) is 94.6 cm³/mol. The summed E-state index contributed by atoms with van der Waals surface area (Å²) >= 11 is 0. The van der Waals surface area contributed by atoms with Crippen LogP contribution in [0.25, 0.3) is 0 Å². The first-order valence-corrected chi connectivity index (χ1v) is 8.28. The molecule has 0 aliphatic rings. The molecule has 0 bridgehead atoms. The molecule has 1 aromatic carbocycles. The molecule has 0 aliphatic heterocycles. The fourth-order valence-electron chi connectivity index (χ4n) is 2.24. The number of nitrogens with zero attached hydrogens (tertiary/aromatic N) is 1. The van der Waals surface area contributed by atoms with E-state index in [1.165, 1.54) is 6.07 Å². The van der Waals surface area contributed by atoms with Gasteiger partial charge in [0.2, 0.25) is 0 Å². The van der Waals surface area contributed by atoms with E-state index in [2.05, 4.69) is 29.5 Å². The van der Waals surface area contributed by atoms with Crippen LogP contribution in [0.4, 0.5) is 10.1 Å². The number of rotatable bonds is 8. The normalized spacial score (nSPS) is 10.7. The molecule has 4 nitrogen and oxygen atoms in total. The van der Waals surface area contributed by atoms with Gasteiger partial charge in [-0.1, -0.05) is 32.0 Å². The zero-order valence-corrected chi connectivity index (χ0v) is 14.2. The van der Waals surface area contributed by atoms with E-state index in [1.54, 1.807) is 30.5 Å². The van der Waals surface area contributed by atoms with Gasteiger partial charge in [-0.3, -0.25) is 4.79 Å². The summed E-state index contributed by atoms with van der Waals surface area (Å²) in [5, 5.41) is 6.04. The molecule has 0 unspecified atom stereocenters. The Bertz CT molecular complexity index is 656. The van der Waals surface area contributed by atoms with Crippen LogP contribution in [0.15, 0.2) is 42.6 Å². The summed E-state index contributed by atoms with van der Waals surface area (Å²) in [7, 11) is 0. The number of amides is 1. The molecule has 0 saturated heterocycles. The molecule has 0 fully saturated rings. The van der Waals surface area contributed by atoms with E-state index >= 15 is 0 Å². The number of pyridine rings is 1. The molecule has 2 N–H and O–H groups in total. The number of hydrogen-bond acceptors (Lipinski definition) is 3. The quantitative estimate of drug-likeness (QED) is 0.777. The Balaban J connectivity index is 1.79. The number of halogens is 1. The van der Waals surface area contributed by atoms with Crippen molar-refractivity contribution in [2.75, 3.05) is 18.4 Å². The van der Waals surface area contributed by atoms with Crippen molar-refractivity contribution < 1.29 is 9.18 Å². The molecular formula is C19H24FN3O. The van der Waals surface area contributed by atoms with Crippen LogP contribution in [-0.2, 0) is 6.42 Å². The van der Waals surface area contributed by atoms with Gasteiger partial charge in [0.15, 0.2) is 0 Å². The van der Waals surface area contributed by atoms with Gasteiger partial charge in [-0.2, -0.15) is 0 Å². The van der Waals surface area contributed by atoms with E-state index in [0.29, 0.717) is 30.1 Å². The number of anilines is 1. The summed E-state index contributed by atoms with van der Waals surface area (Å²) in [5.74, 6) is 0.145. The van der Waals surface area contributed by atoms with Crippen LogP contribution in [0.2, 0.25) is 0 Å². The van der Waals surface area contributed by atoms with Crippen molar-refractivity contribution in [2.24, 2.45) is 5.92 Å². The standard InChI is InChI=1S/C19H24FN3O/c1-14(2)9-11-21-16-7-8-18(23-13-16)19(24)22-12-10-15-5-3-4-6-17(15)20/h3-8,13-14,21H,9-12H2,1-2H3,(H,22,24). The van der Waals surface area contributed by atoms with Crippen LogP contribution in [0.3, 0.4) is 0 Å². The van der Waals surface area contributed by atoms with Crippen molar-refractivity contribution in [1.29, 1.82) is 0 Å². The third-order valence-corrected chi connectivity index (χ3v) is 3.68. The van der Waals surface area contributed by atoms with E-state index in [-0.39, 0.29) is 11.7 Å². The first kappa shape index (κ1) is 17.9. The van der Waals surface area contributed by atoms with Gasteiger partial charge >= 0.3 is 0 Å². The maximum absolute atomic E-state index is 13.5. The third-order valence-electron chi connectivity index (χ3n) is 3.68. The minimum atomic E-state index is -0.250. The number of hydrogen-bond donors (Lipinski definition) is 2. The Kier molecular flexibility index (Phi) is 6.73. The second-order valence-electron chi connectivity index (χ2n) is 6.14. The Hall–Kier alpha value is -2.43. The lowest BCUT2D eigenvalue weighted by molar-refractivity contribution is 0.0949. The second kappa shape index (κ2) is 9.01. The molecule has 5 heteroatoms. The van der Waals surface area contributed by atoms with E-state index in [1.807, 2.05) is 6.07 Å². The second-order valence-corrected chi connectivity index (χ2v) is 6.14. The maximum atomic E-state index is 13.5. The highest BCUT2D eigenvalue weighted by Gasteiger charge is 2.07. The zero-order valence-electron chi connectivity index (χ0n) is 14.2. The zero-order chi connectivity index (χ0) is 17.4. The molecule has 0 radical (unpaired) electrons. The summed E-state index contributed by atoms with van der Waals surface area (Å²) in [6, 6.07) is 10.1. The number of aromatic nitrogens is 1. The molecule has 128 valence electrons. The van der Waals surface area contributed by atoms with Gasteiger partial charge in [-0.25, -0.2) is 9.37 Å². The van der Waals surface area contributed by atoms with Crippen LogP contribution in [0.1, 0.15) is 36.3 Å². The molecule has 1 amide bonds. The lowest BCUT2D eigenvalue weighted by Gasteiger charge is -2.09. The summed E-state index contributed by atoms with van der Waals surface area (Å²) in [6.45, 7) is 5.60. The molecule has 1 aromatic heterocycles. The smallest absolute Gasteiger partial charge is 0.269 e. The molecule has 2 aromatic rings. The Labute approximate surface area is 142 Å². The maximum Gasteiger partial charge on any atom is 0.269 e. The largest absolute Gasteiger partial charge is 0.384 e. The number of nitrogens with one attached hydrogen (secondary N) is 2. The van der Waals surface area contributed by atoms with Crippen LogP contribution in [0, 0.1) is 11.7 Å². The summed E-state index contributed by atoms with van der Waals surface area (Å²) in [5.41, 5.74) is 1.85. The minimum absolute atomic E-state index is 0.248. The number of carbonyl (C=O) groups excluding carboxylic acids is 1. The third kappa shape index (κ3) is 5.65. The molecule has 0 atom stereocenters. The van der Waals surface area contributed by atoms with Crippen molar-refractivity contribution in [3.63, 3.8) is 0 Å². The van der Waals surface area contributed by atoms with E-state index in [4.69, 9.17) is 0 Å². The first-order chi connectivity index (χ1) is 11.6. The molecule has 24 heavy (non-hydrogen) atoms. The van der Waals surface area contributed by atoms with Gasteiger partial charge < -0.3 is 10.6 Å². The minimum Gasteiger partial charge on any atom is -0.384 e. The highest BCUT2D eigenvalue weighted by atomic mass is 19.1. The molecule has 0 saturated carbocycles. The van der Waals surface area contributed by atoms with Gasteiger partial charge in [-0.15, -0.1) is 0 Å². The van der Waals surface area contributed by atoms with Crippen LogP contribution in [-0.4, -0.2) is 24.0 Å². The average Bonchev–Trinajstić information content (AvgIpc) is 2.57. The topological polar surface area (TPSA) is 54.0 Å². The van der Waals surface area contributed by atoms with Crippen molar-refractivity contribution in [3.05, 3.63) is 59.7 Å². The number of benzene rings is 1. The monoisotopic (exact) mass is 329 g/mol. The molecule has 0 aliphatic carbocycles. The number of carbonyl (C=O) groups is 1. The van der Waals surface area contributed by atoms with E-state index in [9.17, 15) is 9.18 Å². The Morgan fingerprint density at radius 3 is 2.62 bits per heavy atom. The molecule has 1 heterocycles. The highest BCUT2D eigenvalue weighted by Crippen LogP contribution is 2.09. The first-order valence-electron chi connectivity index (χ1n) is 8.28. The van der Waals surface area contributed by atoms with Crippen molar-refractivity contribution >= 4 is 11.6 Å². The van der Waals surface area contributed by atoms with E-state index in [0.717, 1.165) is 18.7 Å². The SMILES string of the molecule is CC(C)CCNc1ccc(C(=O)NCCc2ccccc2F)nc1. The van der Waals surface area contributed by atoms with Crippen molar-refractivity contribution in [3.8, 4) is 0 Å². The summed E-state index contributed by atoms with van der Waals surface area (Å²) in [6.07, 6.45) is 3.19. The van der Waals surface area contributed by atoms with Crippen molar-refractivity contribution in [1.82, 2.24) is 10.3 Å². The van der Waals surface area contributed by atoms with Gasteiger partial charge in [0, 0.05) is 13.1 Å². The fraction of sp³-hybridized carbons (Fsp3) is 0.368. The van der Waals surface area contributed by atoms with Crippen molar-refractivity contribution in [2.45, 2.75) is 26.7 Å². The van der Waals surface area contributed by atoms with E-state index < -0.39 is 0 Å². The molecular weight excluding hydrogens is 305 g/mol. The fourth-order valence-corrected chi connectivity index (χ4v) is 2.24. The predicted octanol–water partition coefficient (Wildman–Crippen LogP) is 3.65. The van der Waals surface area contributed by atoms with Gasteiger partial charge in [0.25, 0.3) is 5.91 Å². The Morgan fingerprint density at radius 1 is 1.17 bits per heavy atom. The van der Waals surface area contributed by atoms with Gasteiger partial charge in [0.05, 0.1) is 11.9 Å². The lowest BCUT2D eigenvalue weighted by atomic mass is 10.1. The summed E-state index contributed by atoms with van der Waals surface area (Å²) < 4.78 is 13.5.